The van der Waals surface area contributed by atoms with Crippen LogP contribution in [0.15, 0.2) is 54.6 Å². The van der Waals surface area contributed by atoms with Crippen molar-refractivity contribution in [2.24, 2.45) is 5.92 Å². The smallest absolute Gasteiger partial charge is 0.335 e. The van der Waals surface area contributed by atoms with Gasteiger partial charge in [0.25, 0.3) is 0 Å². The summed E-state index contributed by atoms with van der Waals surface area (Å²) in [6.07, 6.45) is 24.9. The summed E-state index contributed by atoms with van der Waals surface area (Å²) in [5, 5.41) is 18.2. The lowest BCUT2D eigenvalue weighted by molar-refractivity contribution is -0.137. The molecule has 2 aromatic carbocycles. The molecule has 1 unspecified atom stereocenters. The quantitative estimate of drug-likeness (QED) is 0.115. The number of carboxylic acids is 2. The average molecular weight is 579 g/mol. The van der Waals surface area contributed by atoms with Crippen LogP contribution in [0.25, 0.3) is 6.08 Å². The first-order valence-corrected chi connectivity index (χ1v) is 16.4. The van der Waals surface area contributed by atoms with Crippen LogP contribution in [0.1, 0.15) is 138 Å². The van der Waals surface area contributed by atoms with Crippen molar-refractivity contribution in [3.05, 3.63) is 71.3 Å². The molecule has 5 heteroatoms. The minimum atomic E-state index is -0.929. The predicted molar refractivity (Wildman–Crippen MR) is 173 cm³/mol. The Morgan fingerprint density at radius 1 is 0.738 bits per heavy atom. The van der Waals surface area contributed by atoms with Gasteiger partial charge in [-0.05, 0) is 55.4 Å². The number of allylic oxidation sites excluding steroid dienone is 1. The van der Waals surface area contributed by atoms with Crippen LogP contribution in [-0.4, -0.2) is 28.8 Å². The molecule has 2 aromatic rings. The highest BCUT2D eigenvalue weighted by Gasteiger charge is 2.10. The van der Waals surface area contributed by atoms with Gasteiger partial charge in [0.15, 0.2) is 0 Å². The summed E-state index contributed by atoms with van der Waals surface area (Å²) in [6, 6.07) is 15.1. The Morgan fingerprint density at radius 2 is 1.33 bits per heavy atom. The Hall–Kier alpha value is -3.08. The molecule has 0 aromatic heterocycles. The van der Waals surface area contributed by atoms with E-state index in [1.54, 1.807) is 12.1 Å². The van der Waals surface area contributed by atoms with Crippen LogP contribution in [0.2, 0.25) is 0 Å². The molecule has 0 saturated heterocycles. The monoisotopic (exact) mass is 578 g/mol. The Labute approximate surface area is 254 Å². The van der Waals surface area contributed by atoms with Gasteiger partial charge < -0.3 is 14.9 Å². The zero-order chi connectivity index (χ0) is 30.3. The first-order valence-electron chi connectivity index (χ1n) is 16.4. The Morgan fingerprint density at radius 3 is 1.93 bits per heavy atom. The van der Waals surface area contributed by atoms with E-state index in [1.165, 1.54) is 77.0 Å². The fraction of sp³-hybridized carbons (Fsp3) is 0.568. The Balaban J connectivity index is 1.77. The van der Waals surface area contributed by atoms with Crippen LogP contribution in [0.5, 0.6) is 5.75 Å². The zero-order valence-corrected chi connectivity index (χ0v) is 25.9. The summed E-state index contributed by atoms with van der Waals surface area (Å²) in [6.45, 7) is 2.99. The molecule has 0 heterocycles. The van der Waals surface area contributed by atoms with E-state index in [9.17, 15) is 14.7 Å². The second kappa shape index (κ2) is 22.5. The van der Waals surface area contributed by atoms with Crippen molar-refractivity contribution >= 4 is 18.0 Å². The number of aliphatic carboxylic acids is 1. The number of aromatic carboxylic acids is 1. The van der Waals surface area contributed by atoms with Crippen LogP contribution >= 0.6 is 0 Å². The molecule has 232 valence electrons. The highest BCUT2D eigenvalue weighted by molar-refractivity contribution is 5.87. The summed E-state index contributed by atoms with van der Waals surface area (Å²) >= 11 is 0. The standard InChI is InChI=1S/C37H54O5/c1-2-3-4-5-6-7-8-9-10-11-12-13-18-29-42-35-21-16-15-20-33(35)26-23-31(19-14-17-22-36(38)39)30-32-24-27-34(28-25-32)37(40)41/h15-16,20-21,23-28,31H,2-14,17-19,22,29-30H2,1H3,(H,38,39)(H,40,41)/b26-23+. The highest BCUT2D eigenvalue weighted by Crippen LogP contribution is 2.24. The van der Waals surface area contributed by atoms with Crippen molar-refractivity contribution in [3.8, 4) is 5.75 Å². The molecule has 0 aliphatic carbocycles. The lowest BCUT2D eigenvalue weighted by Gasteiger charge is -2.14. The minimum absolute atomic E-state index is 0.180. The summed E-state index contributed by atoms with van der Waals surface area (Å²) in [7, 11) is 0. The minimum Gasteiger partial charge on any atom is -0.493 e. The van der Waals surface area contributed by atoms with Crippen LogP contribution in [-0.2, 0) is 11.2 Å². The number of carboxylic acid groups (broad SMARTS) is 2. The first kappa shape index (κ1) is 35.1. The molecule has 42 heavy (non-hydrogen) atoms. The van der Waals surface area contributed by atoms with Crippen molar-refractivity contribution in [1.29, 1.82) is 0 Å². The molecule has 0 spiro atoms. The summed E-state index contributed by atoms with van der Waals surface area (Å²) in [4.78, 5) is 22.1. The van der Waals surface area contributed by atoms with Gasteiger partial charge in [0.05, 0.1) is 12.2 Å². The largest absolute Gasteiger partial charge is 0.493 e. The van der Waals surface area contributed by atoms with E-state index < -0.39 is 11.9 Å². The number of benzene rings is 2. The van der Waals surface area contributed by atoms with Gasteiger partial charge in [-0.2, -0.15) is 0 Å². The fourth-order valence-corrected chi connectivity index (χ4v) is 5.33. The predicted octanol–water partition coefficient (Wildman–Crippen LogP) is 10.4. The molecule has 1 atom stereocenters. The SMILES string of the molecule is CCCCCCCCCCCCCCCOc1ccccc1/C=C/C(CCCCC(=O)O)Cc1ccc(C(=O)O)cc1. The zero-order valence-electron chi connectivity index (χ0n) is 25.9. The van der Waals surface area contributed by atoms with Crippen molar-refractivity contribution < 1.29 is 24.5 Å². The van der Waals surface area contributed by atoms with Gasteiger partial charge in [-0.15, -0.1) is 0 Å². The molecule has 2 N–H and O–H groups in total. The van der Waals surface area contributed by atoms with Crippen LogP contribution < -0.4 is 4.74 Å². The Kier molecular flexibility index (Phi) is 18.8. The maximum atomic E-state index is 11.2. The number of unbranched alkanes of at least 4 members (excludes halogenated alkanes) is 13. The van der Waals surface area contributed by atoms with Crippen LogP contribution in [0.3, 0.4) is 0 Å². The maximum absolute atomic E-state index is 11.2. The van der Waals surface area contributed by atoms with E-state index in [0.29, 0.717) is 6.42 Å². The third kappa shape index (κ3) is 16.4. The Bertz CT molecular complexity index is 1030. The third-order valence-electron chi connectivity index (χ3n) is 7.89. The van der Waals surface area contributed by atoms with E-state index in [1.807, 2.05) is 30.3 Å². The molecule has 0 radical (unpaired) electrons. The van der Waals surface area contributed by atoms with Crippen molar-refractivity contribution in [2.45, 2.75) is 122 Å². The number of ether oxygens (including phenoxy) is 1. The average Bonchev–Trinajstić information content (AvgIpc) is 2.98. The molecule has 0 saturated carbocycles. The number of hydrogen-bond acceptors (Lipinski definition) is 3. The normalized spacial score (nSPS) is 12.0. The molecule has 0 aliphatic heterocycles. The maximum Gasteiger partial charge on any atom is 0.335 e. The molecule has 5 nitrogen and oxygen atoms in total. The van der Waals surface area contributed by atoms with Gasteiger partial charge in [0.2, 0.25) is 0 Å². The highest BCUT2D eigenvalue weighted by atomic mass is 16.5. The topological polar surface area (TPSA) is 83.8 Å². The van der Waals surface area contributed by atoms with Gasteiger partial charge in [0.1, 0.15) is 5.75 Å². The van der Waals surface area contributed by atoms with Gasteiger partial charge in [-0.1, -0.05) is 133 Å². The summed E-state index contributed by atoms with van der Waals surface area (Å²) < 4.78 is 6.18. The van der Waals surface area contributed by atoms with Gasteiger partial charge in [-0.25, -0.2) is 4.79 Å². The molecular formula is C37H54O5. The number of para-hydroxylation sites is 1. The fourth-order valence-electron chi connectivity index (χ4n) is 5.33. The summed E-state index contributed by atoms with van der Waals surface area (Å²) in [5.74, 6) is -0.588. The molecule has 0 aliphatic rings. The van der Waals surface area contributed by atoms with E-state index in [-0.39, 0.29) is 17.9 Å². The van der Waals surface area contributed by atoms with Crippen molar-refractivity contribution in [3.63, 3.8) is 0 Å². The van der Waals surface area contributed by atoms with Gasteiger partial charge >= 0.3 is 11.9 Å². The molecular weight excluding hydrogens is 524 g/mol. The van der Waals surface area contributed by atoms with Crippen molar-refractivity contribution in [2.75, 3.05) is 6.61 Å². The van der Waals surface area contributed by atoms with E-state index in [4.69, 9.17) is 9.84 Å². The van der Waals surface area contributed by atoms with E-state index in [2.05, 4.69) is 25.1 Å². The molecule has 0 bridgehead atoms. The molecule has 0 amide bonds. The van der Waals surface area contributed by atoms with Crippen LogP contribution in [0.4, 0.5) is 0 Å². The van der Waals surface area contributed by atoms with Crippen LogP contribution in [0, 0.1) is 5.92 Å². The third-order valence-corrected chi connectivity index (χ3v) is 7.89. The number of rotatable bonds is 25. The van der Waals surface area contributed by atoms with E-state index >= 15 is 0 Å². The molecule has 2 rings (SSSR count). The second-order valence-corrected chi connectivity index (χ2v) is 11.6. The molecule has 0 fully saturated rings. The lowest BCUT2D eigenvalue weighted by Crippen LogP contribution is -2.04. The van der Waals surface area contributed by atoms with Gasteiger partial charge in [-0.3, -0.25) is 4.79 Å². The lowest BCUT2D eigenvalue weighted by atomic mass is 9.92. The van der Waals surface area contributed by atoms with Crippen molar-refractivity contribution in [1.82, 2.24) is 0 Å². The first-order chi connectivity index (χ1) is 20.5. The van der Waals surface area contributed by atoms with E-state index in [0.717, 1.165) is 49.2 Å². The summed E-state index contributed by atoms with van der Waals surface area (Å²) in [5.41, 5.74) is 2.39. The van der Waals surface area contributed by atoms with Gasteiger partial charge in [0, 0.05) is 12.0 Å². The number of carbonyl (C=O) groups is 2. The second-order valence-electron chi connectivity index (χ2n) is 11.6. The number of hydrogen-bond donors (Lipinski definition) is 2.